The molecule has 0 spiro atoms. The van der Waals surface area contributed by atoms with Crippen molar-refractivity contribution in [1.82, 2.24) is 0 Å². The monoisotopic (exact) mass is 181 g/mol. The summed E-state index contributed by atoms with van der Waals surface area (Å²) in [6, 6.07) is 0. The maximum absolute atomic E-state index is 10.1. The molecule has 0 aromatic heterocycles. The van der Waals surface area contributed by atoms with Crippen molar-refractivity contribution < 1.29 is 4.21 Å². The first-order valence-electron chi connectivity index (χ1n) is 1.49. The second-order valence-corrected chi connectivity index (χ2v) is 2.01. The summed E-state index contributed by atoms with van der Waals surface area (Å²) >= 11 is 0. The predicted octanol–water partition coefficient (Wildman–Crippen LogP) is 0.826. The first kappa shape index (κ1) is 7.04. The van der Waals surface area contributed by atoms with E-state index in [-0.39, 0.29) is 17.0 Å². The fraction of sp³-hybridized carbons (Fsp3) is 0. The molecule has 0 fully saturated rings. The molecule has 1 unspecified atom stereocenters. The van der Waals surface area contributed by atoms with Gasteiger partial charge < -0.3 is 0 Å². The summed E-state index contributed by atoms with van der Waals surface area (Å²) in [4.78, 5) is 3.56. The number of halogens is 1. The molecule has 1 atom stereocenters. The zero-order valence-corrected chi connectivity index (χ0v) is 5.93. The van der Waals surface area contributed by atoms with Crippen LogP contribution in [0.2, 0.25) is 0 Å². The molecule has 1 aliphatic rings. The lowest BCUT2D eigenvalue weighted by Gasteiger charge is -1.62. The normalized spacial score (nSPS) is 24.9. The number of hydrogen-bond donors (Lipinski definition) is 0. The minimum absolute atomic E-state index is 0. The summed E-state index contributed by atoms with van der Waals surface area (Å²) < 4.78 is 10.1. The molecule has 0 N–H and O–H groups in total. The molecular weight excluding hydrogens is 178 g/mol. The van der Waals surface area contributed by atoms with Gasteiger partial charge in [0, 0.05) is 11.6 Å². The van der Waals surface area contributed by atoms with Crippen LogP contribution in [-0.2, 0) is 10.8 Å². The third-order valence-corrected chi connectivity index (χ3v) is 1.17. The van der Waals surface area contributed by atoms with Crippen LogP contribution in [0.5, 0.6) is 0 Å². The van der Waals surface area contributed by atoms with Gasteiger partial charge >= 0.3 is 0 Å². The summed E-state index contributed by atoms with van der Waals surface area (Å²) in [5.74, 6) is 0. The molecule has 1 heterocycles. The number of aliphatic imine (C=N–C) groups is 1. The van der Waals surface area contributed by atoms with Gasteiger partial charge in [0.1, 0.15) is 0 Å². The lowest BCUT2D eigenvalue weighted by Crippen LogP contribution is -1.73. The van der Waals surface area contributed by atoms with Gasteiger partial charge in [-0.3, -0.25) is 4.99 Å². The average molecular weight is 182 g/mol. The Kier molecular flexibility index (Phi) is 3.11. The molecule has 0 saturated heterocycles. The van der Waals surface area contributed by atoms with Crippen LogP contribution in [0.3, 0.4) is 0 Å². The van der Waals surface area contributed by atoms with Gasteiger partial charge in [-0.15, -0.1) is 17.0 Å². The standard InChI is InChI=1S/C3H3NOS.BrH/c5-6-2-1-4-3-6;/h1-3H;1H. The molecule has 40 valence electrons. The van der Waals surface area contributed by atoms with Crippen molar-refractivity contribution in [3.8, 4) is 0 Å². The minimum Gasteiger partial charge on any atom is -0.254 e. The van der Waals surface area contributed by atoms with E-state index in [9.17, 15) is 4.21 Å². The summed E-state index contributed by atoms with van der Waals surface area (Å²) in [5.41, 5.74) is 1.39. The Balaban J connectivity index is 0.000000360. The molecule has 0 radical (unpaired) electrons. The maximum Gasteiger partial charge on any atom is 0.0952 e. The summed E-state index contributed by atoms with van der Waals surface area (Å²) in [7, 11) is -0.895. The van der Waals surface area contributed by atoms with E-state index in [0.29, 0.717) is 0 Å². The fourth-order valence-corrected chi connectivity index (χ4v) is 0.676. The summed E-state index contributed by atoms with van der Waals surface area (Å²) in [6.45, 7) is 0. The third-order valence-electron chi connectivity index (χ3n) is 0.446. The van der Waals surface area contributed by atoms with Crippen molar-refractivity contribution in [1.29, 1.82) is 0 Å². The maximum atomic E-state index is 10.1. The Bertz CT molecular complexity index is 117. The number of nitrogens with zero attached hydrogens (tertiary/aromatic N) is 1. The van der Waals surface area contributed by atoms with Crippen molar-refractivity contribution in [2.45, 2.75) is 0 Å². The van der Waals surface area contributed by atoms with E-state index in [4.69, 9.17) is 0 Å². The first-order chi connectivity index (χ1) is 2.89. The molecule has 2 nitrogen and oxygen atoms in total. The van der Waals surface area contributed by atoms with Crippen LogP contribution in [0.15, 0.2) is 16.6 Å². The summed E-state index contributed by atoms with van der Waals surface area (Å²) in [5, 5.41) is 1.53. The van der Waals surface area contributed by atoms with Crippen molar-refractivity contribution in [2.24, 2.45) is 4.99 Å². The van der Waals surface area contributed by atoms with Gasteiger partial charge in [-0.1, -0.05) is 0 Å². The lowest BCUT2D eigenvalue weighted by molar-refractivity contribution is 0.695. The van der Waals surface area contributed by atoms with Crippen molar-refractivity contribution >= 4 is 33.3 Å². The second kappa shape index (κ2) is 3.10. The van der Waals surface area contributed by atoms with Crippen LogP contribution in [0.25, 0.3) is 0 Å². The molecule has 4 heteroatoms. The van der Waals surface area contributed by atoms with Crippen molar-refractivity contribution in [2.75, 3.05) is 0 Å². The van der Waals surface area contributed by atoms with Crippen molar-refractivity contribution in [3.63, 3.8) is 0 Å². The van der Waals surface area contributed by atoms with Crippen molar-refractivity contribution in [3.05, 3.63) is 11.6 Å². The van der Waals surface area contributed by atoms with Gasteiger partial charge in [-0.2, -0.15) is 0 Å². The zero-order valence-electron chi connectivity index (χ0n) is 3.40. The van der Waals surface area contributed by atoms with Crippen LogP contribution in [0.1, 0.15) is 0 Å². The van der Waals surface area contributed by atoms with E-state index < -0.39 is 10.8 Å². The Hall–Kier alpha value is 0.0400. The molecule has 1 rings (SSSR count). The largest absolute Gasteiger partial charge is 0.254 e. The third kappa shape index (κ3) is 1.99. The Morgan fingerprint density at radius 1 is 1.57 bits per heavy atom. The first-order valence-corrected chi connectivity index (χ1v) is 2.76. The van der Waals surface area contributed by atoms with Gasteiger partial charge in [0.25, 0.3) is 0 Å². The Morgan fingerprint density at radius 3 is 2.43 bits per heavy atom. The Labute approximate surface area is 54.6 Å². The topological polar surface area (TPSA) is 29.4 Å². The molecule has 0 aliphatic carbocycles. The summed E-state index contributed by atoms with van der Waals surface area (Å²) in [6.07, 6.45) is 1.52. The average Bonchev–Trinajstić information content (AvgIpc) is 1.86. The molecule has 7 heavy (non-hydrogen) atoms. The highest BCUT2D eigenvalue weighted by Gasteiger charge is 1.87. The van der Waals surface area contributed by atoms with E-state index in [1.54, 1.807) is 0 Å². The second-order valence-electron chi connectivity index (χ2n) is 0.868. The highest BCUT2D eigenvalue weighted by atomic mass is 79.9. The SMILES string of the molecule is Br.O=S1C=CN=C1. The quantitative estimate of drug-likeness (QED) is 0.545. The number of rotatable bonds is 0. The van der Waals surface area contributed by atoms with E-state index >= 15 is 0 Å². The fourth-order valence-electron chi connectivity index (χ4n) is 0.225. The Morgan fingerprint density at radius 2 is 2.29 bits per heavy atom. The highest BCUT2D eigenvalue weighted by Crippen LogP contribution is 1.88. The molecule has 0 aromatic carbocycles. The van der Waals surface area contributed by atoms with Crippen LogP contribution in [-0.4, -0.2) is 9.76 Å². The van der Waals surface area contributed by atoms with E-state index in [1.807, 2.05) is 0 Å². The minimum atomic E-state index is -0.895. The highest BCUT2D eigenvalue weighted by molar-refractivity contribution is 8.93. The van der Waals surface area contributed by atoms with Gasteiger partial charge in [0.15, 0.2) is 0 Å². The molecule has 1 aliphatic heterocycles. The van der Waals surface area contributed by atoms with E-state index in [2.05, 4.69) is 4.99 Å². The van der Waals surface area contributed by atoms with Crippen LogP contribution in [0, 0.1) is 0 Å². The molecule has 0 amide bonds. The van der Waals surface area contributed by atoms with Crippen LogP contribution < -0.4 is 0 Å². The molecule has 0 saturated carbocycles. The number of hydrogen-bond acceptors (Lipinski definition) is 2. The van der Waals surface area contributed by atoms with E-state index in [0.717, 1.165) is 0 Å². The zero-order chi connectivity index (χ0) is 4.41. The van der Waals surface area contributed by atoms with Gasteiger partial charge in [0.2, 0.25) is 0 Å². The molecule has 0 bridgehead atoms. The predicted molar refractivity (Wildman–Crippen MR) is 36.1 cm³/mol. The lowest BCUT2D eigenvalue weighted by atomic mass is 11.1. The van der Waals surface area contributed by atoms with Crippen LogP contribution >= 0.6 is 17.0 Å². The van der Waals surface area contributed by atoms with Crippen LogP contribution in [0.4, 0.5) is 0 Å². The molecular formula is C3H4BrNOS. The molecule has 0 aromatic rings. The smallest absolute Gasteiger partial charge is 0.0952 e. The van der Waals surface area contributed by atoms with E-state index in [1.165, 1.54) is 17.2 Å². The van der Waals surface area contributed by atoms with Gasteiger partial charge in [-0.05, 0) is 0 Å². The van der Waals surface area contributed by atoms with Gasteiger partial charge in [0.05, 0.1) is 16.3 Å². The van der Waals surface area contributed by atoms with Gasteiger partial charge in [-0.25, -0.2) is 4.21 Å².